The minimum Gasteiger partial charge on any atom is -0.298 e. The fourth-order valence-corrected chi connectivity index (χ4v) is 1.55. The summed E-state index contributed by atoms with van der Waals surface area (Å²) in [4.78, 5) is 0. The zero-order chi connectivity index (χ0) is 10.6. The number of nitrogens with zero attached hydrogens (tertiary/aromatic N) is 1. The van der Waals surface area contributed by atoms with Crippen LogP contribution in [0.3, 0.4) is 0 Å². The van der Waals surface area contributed by atoms with Crippen molar-refractivity contribution < 1.29 is 0 Å². The largest absolute Gasteiger partial charge is 0.298 e. The monoisotopic (exact) mass is 252 g/mol. The average Bonchev–Trinajstić information content (AvgIpc) is 2.19. The van der Waals surface area contributed by atoms with Gasteiger partial charge in [-0.15, -0.1) is 0 Å². The highest BCUT2D eigenvalue weighted by Crippen LogP contribution is 2.15. The number of rotatable bonds is 3. The molecule has 14 heavy (non-hydrogen) atoms. The van der Waals surface area contributed by atoms with E-state index >= 15 is 0 Å². The minimum atomic E-state index is -0.103. The van der Waals surface area contributed by atoms with Crippen LogP contribution < -0.4 is 5.32 Å². The number of hydrogen-bond acceptors (Lipinski definition) is 2. The van der Waals surface area contributed by atoms with Crippen LogP contribution in [0.1, 0.15) is 18.1 Å². The molecule has 0 aliphatic carbocycles. The fourth-order valence-electron chi connectivity index (χ4n) is 1.14. The van der Waals surface area contributed by atoms with Gasteiger partial charge >= 0.3 is 0 Å². The Bertz CT molecular complexity index is 355. The summed E-state index contributed by atoms with van der Waals surface area (Å²) in [6.07, 6.45) is 0. The van der Waals surface area contributed by atoms with Gasteiger partial charge in [-0.3, -0.25) is 5.32 Å². The van der Waals surface area contributed by atoms with Crippen molar-refractivity contribution in [2.24, 2.45) is 0 Å². The molecule has 1 atom stereocenters. The van der Waals surface area contributed by atoms with E-state index in [2.05, 4.69) is 46.4 Å². The van der Waals surface area contributed by atoms with E-state index in [1.54, 1.807) is 0 Å². The summed E-state index contributed by atoms with van der Waals surface area (Å²) in [6, 6.07) is 8.21. The van der Waals surface area contributed by atoms with Crippen molar-refractivity contribution in [2.45, 2.75) is 26.4 Å². The van der Waals surface area contributed by atoms with Crippen molar-refractivity contribution in [2.75, 3.05) is 0 Å². The van der Waals surface area contributed by atoms with Crippen LogP contribution in [-0.2, 0) is 6.54 Å². The summed E-state index contributed by atoms with van der Waals surface area (Å²) in [7, 11) is 0. The molecule has 0 heterocycles. The van der Waals surface area contributed by atoms with Crippen LogP contribution in [0.2, 0.25) is 0 Å². The topological polar surface area (TPSA) is 35.8 Å². The standard InChI is InChI=1S/C11H13BrN2/c1-8-3-4-11(12)5-10(8)7-14-9(2)6-13/h3-5,9,14H,7H2,1-2H3. The van der Waals surface area contributed by atoms with Crippen molar-refractivity contribution in [3.05, 3.63) is 33.8 Å². The summed E-state index contributed by atoms with van der Waals surface area (Å²) in [5, 5.41) is 11.7. The molecule has 3 heteroatoms. The highest BCUT2D eigenvalue weighted by molar-refractivity contribution is 9.10. The number of nitriles is 1. The van der Waals surface area contributed by atoms with E-state index in [0.29, 0.717) is 0 Å². The van der Waals surface area contributed by atoms with Crippen molar-refractivity contribution in [3.63, 3.8) is 0 Å². The Morgan fingerprint density at radius 2 is 2.29 bits per heavy atom. The maximum Gasteiger partial charge on any atom is 0.0927 e. The zero-order valence-electron chi connectivity index (χ0n) is 8.34. The van der Waals surface area contributed by atoms with Gasteiger partial charge in [-0.1, -0.05) is 22.0 Å². The second kappa shape index (κ2) is 5.14. The van der Waals surface area contributed by atoms with Gasteiger partial charge in [0.25, 0.3) is 0 Å². The molecular formula is C11H13BrN2. The van der Waals surface area contributed by atoms with Gasteiger partial charge in [-0.05, 0) is 37.1 Å². The third-order valence-electron chi connectivity index (χ3n) is 2.10. The highest BCUT2D eigenvalue weighted by atomic mass is 79.9. The molecule has 1 aromatic rings. The summed E-state index contributed by atoms with van der Waals surface area (Å²) < 4.78 is 1.07. The zero-order valence-corrected chi connectivity index (χ0v) is 9.93. The smallest absolute Gasteiger partial charge is 0.0927 e. The Morgan fingerprint density at radius 3 is 2.93 bits per heavy atom. The summed E-state index contributed by atoms with van der Waals surface area (Å²) in [5.41, 5.74) is 2.47. The third kappa shape index (κ3) is 3.13. The maximum absolute atomic E-state index is 8.61. The summed E-state index contributed by atoms with van der Waals surface area (Å²) in [6.45, 7) is 4.66. The lowest BCUT2D eigenvalue weighted by molar-refractivity contribution is 0.640. The van der Waals surface area contributed by atoms with Gasteiger partial charge in [-0.25, -0.2) is 0 Å². The van der Waals surface area contributed by atoms with Gasteiger partial charge in [0.15, 0.2) is 0 Å². The molecule has 0 aromatic heterocycles. The molecular weight excluding hydrogens is 240 g/mol. The van der Waals surface area contributed by atoms with Crippen molar-refractivity contribution in [3.8, 4) is 6.07 Å². The Hall–Kier alpha value is -0.850. The van der Waals surface area contributed by atoms with Crippen LogP contribution in [0.5, 0.6) is 0 Å². The summed E-state index contributed by atoms with van der Waals surface area (Å²) >= 11 is 3.43. The van der Waals surface area contributed by atoms with Gasteiger partial charge in [-0.2, -0.15) is 5.26 Å². The van der Waals surface area contributed by atoms with E-state index in [1.165, 1.54) is 11.1 Å². The second-order valence-corrected chi connectivity index (χ2v) is 4.22. The maximum atomic E-state index is 8.61. The van der Waals surface area contributed by atoms with Crippen LogP contribution in [-0.4, -0.2) is 6.04 Å². The third-order valence-corrected chi connectivity index (χ3v) is 2.60. The van der Waals surface area contributed by atoms with Crippen LogP contribution in [0.4, 0.5) is 0 Å². The molecule has 0 spiro atoms. The predicted octanol–water partition coefficient (Wildman–Crippen LogP) is 2.76. The quantitative estimate of drug-likeness (QED) is 0.899. The van der Waals surface area contributed by atoms with Crippen molar-refractivity contribution >= 4 is 15.9 Å². The molecule has 0 radical (unpaired) electrons. The first kappa shape index (κ1) is 11.2. The molecule has 1 aromatic carbocycles. The predicted molar refractivity (Wildman–Crippen MR) is 60.8 cm³/mol. The van der Waals surface area contributed by atoms with E-state index in [-0.39, 0.29) is 6.04 Å². The Balaban J connectivity index is 2.67. The molecule has 0 saturated carbocycles. The SMILES string of the molecule is Cc1ccc(Br)cc1CNC(C)C#N. The van der Waals surface area contributed by atoms with Gasteiger partial charge in [0, 0.05) is 11.0 Å². The number of halogens is 1. The molecule has 0 bridgehead atoms. The van der Waals surface area contributed by atoms with E-state index in [4.69, 9.17) is 5.26 Å². The summed E-state index contributed by atoms with van der Waals surface area (Å²) in [5.74, 6) is 0. The van der Waals surface area contributed by atoms with Crippen LogP contribution in [0.25, 0.3) is 0 Å². The average molecular weight is 253 g/mol. The molecule has 0 aliphatic rings. The van der Waals surface area contributed by atoms with Crippen LogP contribution in [0, 0.1) is 18.3 Å². The minimum absolute atomic E-state index is 0.103. The Morgan fingerprint density at radius 1 is 1.57 bits per heavy atom. The molecule has 0 amide bonds. The number of aryl methyl sites for hydroxylation is 1. The Labute approximate surface area is 93.1 Å². The normalized spacial score (nSPS) is 12.1. The molecule has 1 rings (SSSR count). The Kier molecular flexibility index (Phi) is 4.12. The van der Waals surface area contributed by atoms with E-state index in [0.717, 1.165) is 11.0 Å². The lowest BCUT2D eigenvalue weighted by Gasteiger charge is -2.09. The lowest BCUT2D eigenvalue weighted by atomic mass is 10.1. The molecule has 1 unspecified atom stereocenters. The highest BCUT2D eigenvalue weighted by Gasteiger charge is 2.01. The van der Waals surface area contributed by atoms with Crippen molar-refractivity contribution in [1.29, 1.82) is 5.26 Å². The second-order valence-electron chi connectivity index (χ2n) is 3.30. The molecule has 0 saturated heterocycles. The van der Waals surface area contributed by atoms with Gasteiger partial charge < -0.3 is 0 Å². The first-order chi connectivity index (χ1) is 6.63. The molecule has 1 N–H and O–H groups in total. The molecule has 0 aliphatic heterocycles. The van der Waals surface area contributed by atoms with Crippen LogP contribution >= 0.6 is 15.9 Å². The first-order valence-electron chi connectivity index (χ1n) is 4.51. The first-order valence-corrected chi connectivity index (χ1v) is 5.31. The number of nitrogens with one attached hydrogen (secondary N) is 1. The van der Waals surface area contributed by atoms with Gasteiger partial charge in [0.1, 0.15) is 0 Å². The van der Waals surface area contributed by atoms with E-state index in [9.17, 15) is 0 Å². The van der Waals surface area contributed by atoms with Gasteiger partial charge in [0.2, 0.25) is 0 Å². The lowest BCUT2D eigenvalue weighted by Crippen LogP contribution is -2.23. The molecule has 2 nitrogen and oxygen atoms in total. The van der Waals surface area contributed by atoms with Gasteiger partial charge in [0.05, 0.1) is 12.1 Å². The van der Waals surface area contributed by atoms with E-state index < -0.39 is 0 Å². The van der Waals surface area contributed by atoms with Crippen molar-refractivity contribution in [1.82, 2.24) is 5.32 Å². The van der Waals surface area contributed by atoms with Crippen LogP contribution in [0.15, 0.2) is 22.7 Å². The fraction of sp³-hybridized carbons (Fsp3) is 0.364. The molecule has 74 valence electrons. The number of benzene rings is 1. The number of hydrogen-bond donors (Lipinski definition) is 1. The molecule has 0 fully saturated rings. The van der Waals surface area contributed by atoms with E-state index in [1.807, 2.05) is 13.0 Å².